The Balaban J connectivity index is 2.06. The van der Waals surface area contributed by atoms with Crippen LogP contribution in [0.15, 0.2) is 0 Å². The monoisotopic (exact) mass is 211 g/mol. The molecule has 2 aliphatic rings. The molecule has 2 heterocycles. The summed E-state index contributed by atoms with van der Waals surface area (Å²) < 4.78 is 0. The smallest absolute Gasteiger partial charge is 0.318 e. The maximum absolute atomic E-state index is 11.5. The lowest BCUT2D eigenvalue weighted by atomic mass is 10.1. The number of amides is 3. The maximum atomic E-state index is 11.5. The fourth-order valence-electron chi connectivity index (χ4n) is 2.25. The van der Waals surface area contributed by atoms with E-state index in [9.17, 15) is 9.59 Å². The molecule has 1 unspecified atom stereocenters. The van der Waals surface area contributed by atoms with Gasteiger partial charge in [0.2, 0.25) is 5.91 Å². The Kier molecular flexibility index (Phi) is 2.65. The zero-order chi connectivity index (χ0) is 11.0. The van der Waals surface area contributed by atoms with E-state index < -0.39 is 0 Å². The number of hydrogen-bond donors (Lipinski definition) is 1. The molecule has 1 N–H and O–H groups in total. The minimum atomic E-state index is -0.223. The summed E-state index contributed by atoms with van der Waals surface area (Å²) in [7, 11) is 0. The Morgan fingerprint density at radius 1 is 1.33 bits per heavy atom. The molecule has 0 aliphatic carbocycles. The second-order valence-corrected chi connectivity index (χ2v) is 4.49. The first-order valence-electron chi connectivity index (χ1n) is 5.42. The molecular formula is C10H17N3O2. The Bertz CT molecular complexity index is 290. The fraction of sp³-hybridized carbons (Fsp3) is 0.800. The van der Waals surface area contributed by atoms with Gasteiger partial charge in [-0.05, 0) is 13.8 Å². The predicted octanol–water partition coefficient (Wildman–Crippen LogP) is 0.0209. The topological polar surface area (TPSA) is 52.6 Å². The van der Waals surface area contributed by atoms with Gasteiger partial charge in [-0.3, -0.25) is 15.0 Å². The van der Waals surface area contributed by atoms with E-state index in [1.807, 2.05) is 0 Å². The molecule has 0 saturated carbocycles. The van der Waals surface area contributed by atoms with Gasteiger partial charge in [0, 0.05) is 32.1 Å². The van der Waals surface area contributed by atoms with E-state index >= 15 is 0 Å². The second-order valence-electron chi connectivity index (χ2n) is 4.49. The molecule has 2 aliphatic heterocycles. The predicted molar refractivity (Wildman–Crippen MR) is 55.4 cm³/mol. The van der Waals surface area contributed by atoms with Crippen LogP contribution >= 0.6 is 0 Å². The molecule has 15 heavy (non-hydrogen) atoms. The lowest BCUT2D eigenvalue weighted by Crippen LogP contribution is -2.63. The average molecular weight is 211 g/mol. The molecule has 2 saturated heterocycles. The van der Waals surface area contributed by atoms with Gasteiger partial charge in [0.05, 0.1) is 6.04 Å². The van der Waals surface area contributed by atoms with Gasteiger partial charge >= 0.3 is 6.03 Å². The molecule has 0 spiro atoms. The number of rotatable bonds is 1. The molecule has 0 aromatic heterocycles. The van der Waals surface area contributed by atoms with Gasteiger partial charge in [0.25, 0.3) is 0 Å². The van der Waals surface area contributed by atoms with Gasteiger partial charge in [0.1, 0.15) is 0 Å². The number of fused-ring (bicyclic) bond motifs is 1. The van der Waals surface area contributed by atoms with Crippen molar-refractivity contribution in [2.24, 2.45) is 0 Å². The van der Waals surface area contributed by atoms with Crippen LogP contribution in [0.2, 0.25) is 0 Å². The van der Waals surface area contributed by atoms with Gasteiger partial charge in [-0.1, -0.05) is 0 Å². The van der Waals surface area contributed by atoms with Crippen molar-refractivity contribution < 1.29 is 9.59 Å². The van der Waals surface area contributed by atoms with Crippen LogP contribution in [0.3, 0.4) is 0 Å². The van der Waals surface area contributed by atoms with Gasteiger partial charge < -0.3 is 4.90 Å². The van der Waals surface area contributed by atoms with Crippen molar-refractivity contribution in [2.75, 3.05) is 19.6 Å². The molecule has 0 bridgehead atoms. The Labute approximate surface area is 89.4 Å². The normalized spacial score (nSPS) is 27.9. The maximum Gasteiger partial charge on any atom is 0.324 e. The molecular weight excluding hydrogens is 194 g/mol. The van der Waals surface area contributed by atoms with Crippen molar-refractivity contribution in [3.05, 3.63) is 0 Å². The molecule has 2 fully saturated rings. The van der Waals surface area contributed by atoms with Crippen molar-refractivity contribution in [3.63, 3.8) is 0 Å². The summed E-state index contributed by atoms with van der Waals surface area (Å²) in [6.45, 7) is 6.72. The van der Waals surface area contributed by atoms with Crippen LogP contribution < -0.4 is 5.32 Å². The van der Waals surface area contributed by atoms with E-state index in [4.69, 9.17) is 0 Å². The van der Waals surface area contributed by atoms with Crippen molar-refractivity contribution in [2.45, 2.75) is 32.4 Å². The Morgan fingerprint density at radius 3 is 2.73 bits per heavy atom. The third-order valence-corrected chi connectivity index (χ3v) is 3.17. The van der Waals surface area contributed by atoms with Crippen LogP contribution in [-0.4, -0.2) is 53.5 Å². The highest BCUT2D eigenvalue weighted by Crippen LogP contribution is 2.18. The summed E-state index contributed by atoms with van der Waals surface area (Å²) in [6, 6.07) is 0.328. The van der Waals surface area contributed by atoms with E-state index in [0.717, 1.165) is 19.6 Å². The van der Waals surface area contributed by atoms with E-state index in [-0.39, 0.29) is 18.0 Å². The quantitative estimate of drug-likeness (QED) is 0.665. The van der Waals surface area contributed by atoms with Gasteiger partial charge in [-0.2, -0.15) is 0 Å². The largest absolute Gasteiger partial charge is 0.324 e. The van der Waals surface area contributed by atoms with Crippen LogP contribution in [0.4, 0.5) is 4.79 Å². The minimum Gasteiger partial charge on any atom is -0.318 e. The van der Waals surface area contributed by atoms with Crippen molar-refractivity contribution in [1.29, 1.82) is 0 Å². The van der Waals surface area contributed by atoms with Crippen LogP contribution in [0, 0.1) is 0 Å². The second kappa shape index (κ2) is 3.81. The number of nitrogens with one attached hydrogen (secondary N) is 1. The fourth-order valence-corrected chi connectivity index (χ4v) is 2.25. The first-order chi connectivity index (χ1) is 7.08. The molecule has 0 aromatic rings. The Hall–Kier alpha value is -1.10. The molecule has 5 nitrogen and oxygen atoms in total. The van der Waals surface area contributed by atoms with Crippen LogP contribution in [-0.2, 0) is 4.79 Å². The molecule has 5 heteroatoms. The Morgan fingerprint density at radius 2 is 2.07 bits per heavy atom. The molecule has 84 valence electrons. The molecule has 1 atom stereocenters. The average Bonchev–Trinajstić information content (AvgIpc) is 2.16. The van der Waals surface area contributed by atoms with Crippen molar-refractivity contribution >= 4 is 11.9 Å². The van der Waals surface area contributed by atoms with E-state index in [0.29, 0.717) is 12.5 Å². The van der Waals surface area contributed by atoms with E-state index in [2.05, 4.69) is 24.1 Å². The van der Waals surface area contributed by atoms with Crippen molar-refractivity contribution in [3.8, 4) is 0 Å². The summed E-state index contributed by atoms with van der Waals surface area (Å²) in [5.74, 6) is -0.146. The zero-order valence-corrected chi connectivity index (χ0v) is 9.19. The van der Waals surface area contributed by atoms with Crippen LogP contribution in [0.1, 0.15) is 20.3 Å². The molecule has 0 radical (unpaired) electrons. The van der Waals surface area contributed by atoms with E-state index in [1.54, 1.807) is 4.90 Å². The first kappa shape index (κ1) is 10.4. The van der Waals surface area contributed by atoms with Gasteiger partial charge in [-0.25, -0.2) is 4.79 Å². The number of imide groups is 1. The van der Waals surface area contributed by atoms with Gasteiger partial charge in [-0.15, -0.1) is 0 Å². The number of carbonyl (C=O) groups is 2. The molecule has 0 aromatic carbocycles. The molecule has 2 rings (SSSR count). The third kappa shape index (κ3) is 1.97. The lowest BCUT2D eigenvalue weighted by molar-refractivity contribution is -0.123. The summed E-state index contributed by atoms with van der Waals surface area (Å²) in [5, 5.41) is 2.35. The number of urea groups is 1. The SMILES string of the molecule is CC(C)N1CCN2C(=O)NC(=O)CC2C1. The highest BCUT2D eigenvalue weighted by Gasteiger charge is 2.36. The standard InChI is InChI=1S/C10H17N3O2/c1-7(2)12-3-4-13-8(6-12)5-9(14)11-10(13)15/h7-8H,3-6H2,1-2H3,(H,11,14,15). The molecule has 3 amide bonds. The summed E-state index contributed by atoms with van der Waals surface area (Å²) in [6.07, 6.45) is 0.439. The number of hydrogen-bond acceptors (Lipinski definition) is 3. The first-order valence-corrected chi connectivity index (χ1v) is 5.42. The zero-order valence-electron chi connectivity index (χ0n) is 9.19. The van der Waals surface area contributed by atoms with Crippen LogP contribution in [0.5, 0.6) is 0 Å². The third-order valence-electron chi connectivity index (χ3n) is 3.17. The number of piperazine rings is 1. The van der Waals surface area contributed by atoms with Gasteiger partial charge in [0.15, 0.2) is 0 Å². The number of carbonyl (C=O) groups excluding carboxylic acids is 2. The summed E-state index contributed by atoms with van der Waals surface area (Å²) >= 11 is 0. The summed E-state index contributed by atoms with van der Waals surface area (Å²) in [5.41, 5.74) is 0. The van der Waals surface area contributed by atoms with Crippen molar-refractivity contribution in [1.82, 2.24) is 15.1 Å². The highest BCUT2D eigenvalue weighted by atomic mass is 16.2. The van der Waals surface area contributed by atoms with E-state index in [1.165, 1.54) is 0 Å². The highest BCUT2D eigenvalue weighted by molar-refractivity contribution is 5.97. The minimum absolute atomic E-state index is 0.0717. The van der Waals surface area contributed by atoms with Crippen LogP contribution in [0.25, 0.3) is 0 Å². The summed E-state index contributed by atoms with van der Waals surface area (Å²) in [4.78, 5) is 26.8. The number of nitrogens with zero attached hydrogens (tertiary/aromatic N) is 2. The lowest BCUT2D eigenvalue weighted by Gasteiger charge is -2.44.